The van der Waals surface area contributed by atoms with E-state index in [9.17, 15) is 13.2 Å². The Morgan fingerprint density at radius 1 is 1.00 bits per heavy atom. The van der Waals surface area contributed by atoms with Crippen molar-refractivity contribution in [2.75, 3.05) is 19.6 Å². The Balaban J connectivity index is 2.45. The van der Waals surface area contributed by atoms with Crippen LogP contribution < -0.4 is 10.0 Å². The van der Waals surface area contributed by atoms with E-state index in [-0.39, 0.29) is 18.9 Å². The largest absolute Gasteiger partial charge is 0.352 e. The maximum atomic E-state index is 12.6. The molecule has 0 heterocycles. The molecular formula is C20H35N3O3S. The monoisotopic (exact) mass is 397 g/mol. The summed E-state index contributed by atoms with van der Waals surface area (Å²) in [4.78, 5) is 11.9. The first-order valence-electron chi connectivity index (χ1n) is 9.76. The summed E-state index contributed by atoms with van der Waals surface area (Å²) < 4.78 is 29.3. The highest BCUT2D eigenvalue weighted by Gasteiger charge is 2.21. The summed E-state index contributed by atoms with van der Waals surface area (Å²) in [7, 11) is -3.57. The molecule has 0 radical (unpaired) electrons. The smallest absolute Gasteiger partial charge is 0.279 e. The number of rotatable bonds is 13. The van der Waals surface area contributed by atoms with E-state index in [0.717, 1.165) is 18.4 Å². The van der Waals surface area contributed by atoms with Crippen LogP contribution in [-0.4, -0.2) is 38.3 Å². The highest BCUT2D eigenvalue weighted by Crippen LogP contribution is 2.10. The van der Waals surface area contributed by atoms with E-state index in [4.69, 9.17) is 0 Å². The molecule has 0 aliphatic rings. The molecule has 0 fully saturated rings. The second-order valence-electron chi connectivity index (χ2n) is 7.68. The molecule has 7 heteroatoms. The van der Waals surface area contributed by atoms with Crippen molar-refractivity contribution in [3.05, 3.63) is 35.9 Å². The van der Waals surface area contributed by atoms with Crippen molar-refractivity contribution in [2.45, 2.75) is 53.5 Å². The van der Waals surface area contributed by atoms with E-state index in [0.29, 0.717) is 31.5 Å². The van der Waals surface area contributed by atoms with Crippen LogP contribution in [0.3, 0.4) is 0 Å². The van der Waals surface area contributed by atoms with E-state index in [2.05, 4.69) is 37.7 Å². The van der Waals surface area contributed by atoms with Gasteiger partial charge in [0, 0.05) is 32.6 Å². The molecule has 6 nitrogen and oxygen atoms in total. The van der Waals surface area contributed by atoms with E-state index in [1.165, 1.54) is 4.31 Å². The zero-order valence-corrected chi connectivity index (χ0v) is 17.9. The maximum absolute atomic E-state index is 12.6. The quantitative estimate of drug-likeness (QED) is 0.537. The van der Waals surface area contributed by atoms with E-state index < -0.39 is 10.2 Å². The molecule has 1 aromatic carbocycles. The number of hydrogen-bond donors (Lipinski definition) is 2. The first-order chi connectivity index (χ1) is 12.7. The second kappa shape index (κ2) is 12.1. The van der Waals surface area contributed by atoms with Crippen LogP contribution in [0.15, 0.2) is 30.3 Å². The minimum Gasteiger partial charge on any atom is -0.352 e. The van der Waals surface area contributed by atoms with Crippen molar-refractivity contribution in [3.8, 4) is 0 Å². The first-order valence-corrected chi connectivity index (χ1v) is 11.2. The van der Waals surface area contributed by atoms with Gasteiger partial charge in [0.05, 0.1) is 0 Å². The fourth-order valence-electron chi connectivity index (χ4n) is 2.43. The van der Waals surface area contributed by atoms with Gasteiger partial charge in [-0.2, -0.15) is 12.7 Å². The summed E-state index contributed by atoms with van der Waals surface area (Å²) >= 11 is 0. The lowest BCUT2D eigenvalue weighted by molar-refractivity contribution is -0.121. The van der Waals surface area contributed by atoms with Gasteiger partial charge in [0.1, 0.15) is 0 Å². The van der Waals surface area contributed by atoms with Crippen LogP contribution in [-0.2, 0) is 21.5 Å². The van der Waals surface area contributed by atoms with Gasteiger partial charge in [0.15, 0.2) is 0 Å². The van der Waals surface area contributed by atoms with Crippen LogP contribution in [0.5, 0.6) is 0 Å². The third-order valence-electron chi connectivity index (χ3n) is 4.22. The van der Waals surface area contributed by atoms with Crippen LogP contribution in [0.4, 0.5) is 0 Å². The van der Waals surface area contributed by atoms with Gasteiger partial charge in [-0.3, -0.25) is 4.79 Å². The molecule has 0 aliphatic carbocycles. The number of carbonyl (C=O) groups excluding carboxylic acids is 1. The molecule has 0 aliphatic heterocycles. The Bertz CT molecular complexity index is 634. The summed E-state index contributed by atoms with van der Waals surface area (Å²) in [5.74, 6) is 0.702. The Morgan fingerprint density at radius 3 is 2.07 bits per heavy atom. The van der Waals surface area contributed by atoms with Gasteiger partial charge in [-0.1, -0.05) is 58.0 Å². The maximum Gasteiger partial charge on any atom is 0.279 e. The van der Waals surface area contributed by atoms with Crippen LogP contribution in [0, 0.1) is 11.8 Å². The third kappa shape index (κ3) is 10.5. The molecule has 27 heavy (non-hydrogen) atoms. The first kappa shape index (κ1) is 23.6. The van der Waals surface area contributed by atoms with Crippen LogP contribution >= 0.6 is 0 Å². The summed E-state index contributed by atoms with van der Waals surface area (Å²) in [5, 5.41) is 2.81. The summed E-state index contributed by atoms with van der Waals surface area (Å²) in [6, 6.07) is 9.62. The van der Waals surface area contributed by atoms with Crippen LogP contribution in [0.25, 0.3) is 0 Å². The zero-order chi connectivity index (χ0) is 20.3. The fraction of sp³-hybridized carbons (Fsp3) is 0.650. The summed E-state index contributed by atoms with van der Waals surface area (Å²) in [6.07, 6.45) is 1.75. The third-order valence-corrected chi connectivity index (χ3v) is 5.83. The molecular weight excluding hydrogens is 362 g/mol. The number of nitrogens with zero attached hydrogens (tertiary/aromatic N) is 1. The number of amides is 1. The van der Waals surface area contributed by atoms with Crippen LogP contribution in [0.1, 0.15) is 52.5 Å². The molecule has 0 unspecified atom stereocenters. The zero-order valence-electron chi connectivity index (χ0n) is 17.1. The summed E-state index contributed by atoms with van der Waals surface area (Å²) in [6.45, 7) is 9.87. The van der Waals surface area contributed by atoms with Crippen LogP contribution in [0.2, 0.25) is 0 Å². The molecule has 0 saturated carbocycles. The van der Waals surface area contributed by atoms with E-state index in [1.807, 2.05) is 30.3 Å². The lowest BCUT2D eigenvalue weighted by Crippen LogP contribution is -2.43. The number of nitrogens with one attached hydrogen (secondary N) is 2. The molecule has 0 aromatic heterocycles. The van der Waals surface area contributed by atoms with Gasteiger partial charge in [0.2, 0.25) is 5.91 Å². The predicted octanol–water partition coefficient (Wildman–Crippen LogP) is 2.92. The minimum atomic E-state index is -3.57. The Hall–Kier alpha value is -1.44. The lowest BCUT2D eigenvalue weighted by atomic mass is 10.1. The van der Waals surface area contributed by atoms with Gasteiger partial charge in [-0.15, -0.1) is 0 Å². The van der Waals surface area contributed by atoms with Crippen molar-refractivity contribution in [2.24, 2.45) is 11.8 Å². The molecule has 1 amide bonds. The minimum absolute atomic E-state index is 0.100. The number of carbonyl (C=O) groups is 1. The normalized spacial score (nSPS) is 12.1. The molecule has 154 valence electrons. The standard InChI is InChI=1S/C20H35N3O3S/c1-17(2)11-14-23(15-12-18(3)4)27(25,26)22-13-10-20(24)21-16-19-8-6-5-7-9-19/h5-9,17-18,22H,10-16H2,1-4H3,(H,21,24). The van der Waals surface area contributed by atoms with E-state index >= 15 is 0 Å². The van der Waals surface area contributed by atoms with Crippen molar-refractivity contribution in [1.29, 1.82) is 0 Å². The predicted molar refractivity (Wildman–Crippen MR) is 110 cm³/mol. The summed E-state index contributed by atoms with van der Waals surface area (Å²) in [5.41, 5.74) is 1.01. The Labute approximate surface area is 164 Å². The molecule has 0 spiro atoms. The second-order valence-corrected chi connectivity index (χ2v) is 9.43. The average molecular weight is 398 g/mol. The Kier molecular flexibility index (Phi) is 10.6. The van der Waals surface area contributed by atoms with Crippen molar-refractivity contribution < 1.29 is 13.2 Å². The number of benzene rings is 1. The highest BCUT2D eigenvalue weighted by atomic mass is 32.2. The number of hydrogen-bond acceptors (Lipinski definition) is 3. The van der Waals surface area contributed by atoms with Gasteiger partial charge >= 0.3 is 0 Å². The average Bonchev–Trinajstić information content (AvgIpc) is 2.60. The molecule has 2 N–H and O–H groups in total. The highest BCUT2D eigenvalue weighted by molar-refractivity contribution is 7.87. The molecule has 0 saturated heterocycles. The Morgan fingerprint density at radius 2 is 1.56 bits per heavy atom. The van der Waals surface area contributed by atoms with Crippen molar-refractivity contribution in [3.63, 3.8) is 0 Å². The van der Waals surface area contributed by atoms with E-state index in [1.54, 1.807) is 0 Å². The van der Waals surface area contributed by atoms with Gasteiger partial charge in [0.25, 0.3) is 10.2 Å². The lowest BCUT2D eigenvalue weighted by Gasteiger charge is -2.24. The topological polar surface area (TPSA) is 78.5 Å². The van der Waals surface area contributed by atoms with Crippen molar-refractivity contribution in [1.82, 2.24) is 14.3 Å². The SMILES string of the molecule is CC(C)CCN(CCC(C)C)S(=O)(=O)NCCC(=O)NCc1ccccc1. The molecule has 1 rings (SSSR count). The van der Waals surface area contributed by atoms with Gasteiger partial charge in [-0.05, 0) is 30.2 Å². The molecule has 0 bridgehead atoms. The molecule has 1 aromatic rings. The van der Waals surface area contributed by atoms with Crippen molar-refractivity contribution >= 4 is 16.1 Å². The van der Waals surface area contributed by atoms with Gasteiger partial charge in [-0.25, -0.2) is 4.72 Å². The molecule has 0 atom stereocenters. The fourth-order valence-corrected chi connectivity index (χ4v) is 3.66. The van der Waals surface area contributed by atoms with Gasteiger partial charge < -0.3 is 5.32 Å².